The molecule has 1 aliphatic carbocycles. The molecule has 0 atom stereocenters. The lowest BCUT2D eigenvalue weighted by Gasteiger charge is -2.10. The van der Waals surface area contributed by atoms with Crippen LogP contribution in [0.25, 0.3) is 5.78 Å². The molecule has 0 radical (unpaired) electrons. The third kappa shape index (κ3) is 2.86. The molecule has 1 fully saturated rings. The SMILES string of the molecule is Nc1nc2nc(C3CC3)c(Cc3cccc(C(F)(F)F)c3)c(=O)n2[nH]1. The van der Waals surface area contributed by atoms with Crippen LogP contribution in [0, 0.1) is 0 Å². The Labute approximate surface area is 139 Å². The lowest BCUT2D eigenvalue weighted by molar-refractivity contribution is -0.137. The molecule has 0 spiro atoms. The molecule has 3 N–H and O–H groups in total. The minimum Gasteiger partial charge on any atom is -0.368 e. The molecule has 4 rings (SSSR count). The first kappa shape index (κ1) is 15.7. The summed E-state index contributed by atoms with van der Waals surface area (Å²) in [6.45, 7) is 0. The summed E-state index contributed by atoms with van der Waals surface area (Å²) >= 11 is 0. The van der Waals surface area contributed by atoms with E-state index >= 15 is 0 Å². The number of H-pyrrole nitrogens is 1. The predicted octanol–water partition coefficient (Wildman–Crippen LogP) is 2.49. The van der Waals surface area contributed by atoms with Gasteiger partial charge in [0.1, 0.15) is 0 Å². The van der Waals surface area contributed by atoms with Crippen molar-refractivity contribution in [2.24, 2.45) is 0 Å². The van der Waals surface area contributed by atoms with Crippen molar-refractivity contribution in [1.29, 1.82) is 0 Å². The highest BCUT2D eigenvalue weighted by Gasteiger charge is 2.32. The Morgan fingerprint density at radius 2 is 2.04 bits per heavy atom. The number of alkyl halides is 3. The molecule has 25 heavy (non-hydrogen) atoms. The van der Waals surface area contributed by atoms with E-state index in [1.165, 1.54) is 6.07 Å². The normalized spacial score (nSPS) is 15.0. The van der Waals surface area contributed by atoms with Crippen LogP contribution in [0.3, 0.4) is 0 Å². The van der Waals surface area contributed by atoms with E-state index in [-0.39, 0.29) is 29.6 Å². The summed E-state index contributed by atoms with van der Waals surface area (Å²) in [5.41, 5.74) is 5.85. The van der Waals surface area contributed by atoms with E-state index in [0.717, 1.165) is 29.5 Å². The number of rotatable bonds is 3. The first-order valence-corrected chi connectivity index (χ1v) is 7.76. The van der Waals surface area contributed by atoms with Crippen LogP contribution in [-0.4, -0.2) is 19.6 Å². The van der Waals surface area contributed by atoms with Crippen molar-refractivity contribution in [3.8, 4) is 0 Å². The molecule has 2 aromatic heterocycles. The highest BCUT2D eigenvalue weighted by molar-refractivity contribution is 5.41. The van der Waals surface area contributed by atoms with Crippen molar-refractivity contribution < 1.29 is 13.2 Å². The van der Waals surface area contributed by atoms with E-state index in [9.17, 15) is 18.0 Å². The smallest absolute Gasteiger partial charge is 0.368 e. The molecule has 2 heterocycles. The van der Waals surface area contributed by atoms with Gasteiger partial charge in [-0.1, -0.05) is 18.2 Å². The number of hydrogen-bond donors (Lipinski definition) is 2. The molecule has 6 nitrogen and oxygen atoms in total. The van der Waals surface area contributed by atoms with Crippen LogP contribution in [0.5, 0.6) is 0 Å². The lowest BCUT2D eigenvalue weighted by Crippen LogP contribution is -2.23. The maximum Gasteiger partial charge on any atom is 0.416 e. The minimum atomic E-state index is -4.43. The maximum absolute atomic E-state index is 12.9. The van der Waals surface area contributed by atoms with Gasteiger partial charge in [0.15, 0.2) is 0 Å². The molecule has 0 saturated heterocycles. The molecule has 0 unspecified atom stereocenters. The second kappa shape index (κ2) is 5.33. The zero-order chi connectivity index (χ0) is 17.8. The fourth-order valence-electron chi connectivity index (χ4n) is 2.91. The maximum atomic E-state index is 12.9. The van der Waals surface area contributed by atoms with Gasteiger partial charge in [0.05, 0.1) is 11.3 Å². The molecule has 0 aliphatic heterocycles. The molecule has 130 valence electrons. The third-order valence-electron chi connectivity index (χ3n) is 4.24. The van der Waals surface area contributed by atoms with E-state index in [2.05, 4.69) is 15.1 Å². The number of nitrogens with zero attached hydrogens (tertiary/aromatic N) is 3. The van der Waals surface area contributed by atoms with Gasteiger partial charge in [0.2, 0.25) is 5.95 Å². The Balaban J connectivity index is 1.82. The van der Waals surface area contributed by atoms with Gasteiger partial charge in [-0.05, 0) is 24.5 Å². The van der Waals surface area contributed by atoms with Crippen molar-refractivity contribution in [2.75, 3.05) is 5.73 Å². The van der Waals surface area contributed by atoms with Gasteiger partial charge in [-0.25, -0.2) is 4.98 Å². The predicted molar refractivity (Wildman–Crippen MR) is 84.2 cm³/mol. The number of nitrogens with one attached hydrogen (secondary N) is 1. The summed E-state index contributed by atoms with van der Waals surface area (Å²) < 4.78 is 39.9. The zero-order valence-electron chi connectivity index (χ0n) is 13.0. The summed E-state index contributed by atoms with van der Waals surface area (Å²) in [7, 11) is 0. The van der Waals surface area contributed by atoms with Gasteiger partial charge in [0, 0.05) is 17.9 Å². The Hall–Kier alpha value is -2.84. The van der Waals surface area contributed by atoms with Gasteiger partial charge in [0.25, 0.3) is 11.3 Å². The number of nitrogens with two attached hydrogens (primary N) is 1. The third-order valence-corrected chi connectivity index (χ3v) is 4.24. The van der Waals surface area contributed by atoms with Crippen molar-refractivity contribution in [3.05, 3.63) is 57.0 Å². The quantitative estimate of drug-likeness (QED) is 0.760. The number of benzene rings is 1. The molecule has 9 heteroatoms. The topological polar surface area (TPSA) is 89.1 Å². The van der Waals surface area contributed by atoms with Crippen LogP contribution in [0.15, 0.2) is 29.1 Å². The van der Waals surface area contributed by atoms with E-state index in [0.29, 0.717) is 16.8 Å². The first-order valence-electron chi connectivity index (χ1n) is 7.76. The van der Waals surface area contributed by atoms with Crippen LogP contribution in [0.2, 0.25) is 0 Å². The van der Waals surface area contributed by atoms with E-state index in [1.807, 2.05) is 0 Å². The largest absolute Gasteiger partial charge is 0.416 e. The van der Waals surface area contributed by atoms with Crippen LogP contribution < -0.4 is 11.3 Å². The number of aromatic nitrogens is 4. The van der Waals surface area contributed by atoms with Crippen LogP contribution in [-0.2, 0) is 12.6 Å². The fourth-order valence-corrected chi connectivity index (χ4v) is 2.91. The van der Waals surface area contributed by atoms with Crippen LogP contribution >= 0.6 is 0 Å². The van der Waals surface area contributed by atoms with Crippen molar-refractivity contribution in [1.82, 2.24) is 19.6 Å². The Morgan fingerprint density at radius 3 is 2.72 bits per heavy atom. The van der Waals surface area contributed by atoms with Crippen LogP contribution in [0.4, 0.5) is 19.1 Å². The summed E-state index contributed by atoms with van der Waals surface area (Å²) in [4.78, 5) is 21.1. The zero-order valence-corrected chi connectivity index (χ0v) is 13.0. The molecule has 1 saturated carbocycles. The first-order chi connectivity index (χ1) is 11.8. The van der Waals surface area contributed by atoms with Gasteiger partial charge in [-0.2, -0.15) is 22.7 Å². The van der Waals surface area contributed by atoms with Gasteiger partial charge < -0.3 is 5.73 Å². The fraction of sp³-hybridized carbons (Fsp3) is 0.312. The van der Waals surface area contributed by atoms with Crippen LogP contribution in [0.1, 0.15) is 41.1 Å². The molecule has 3 aromatic rings. The Morgan fingerprint density at radius 1 is 1.28 bits per heavy atom. The summed E-state index contributed by atoms with van der Waals surface area (Å²) in [5.74, 6) is 0.385. The highest BCUT2D eigenvalue weighted by atomic mass is 19.4. The molecule has 0 amide bonds. The van der Waals surface area contributed by atoms with E-state index in [4.69, 9.17) is 5.73 Å². The number of aromatic amines is 1. The second-order valence-corrected chi connectivity index (χ2v) is 6.17. The van der Waals surface area contributed by atoms with Crippen molar-refractivity contribution in [2.45, 2.75) is 31.4 Å². The number of hydrogen-bond acceptors (Lipinski definition) is 4. The average molecular weight is 349 g/mol. The standard InChI is InChI=1S/C16H14F3N5O/c17-16(18,19)10-3-1-2-8(6-10)7-11-12(9-4-5-9)21-15-22-14(20)23-24(15)13(11)25/h1-3,6,9H,4-5,7H2,(H3,20,21,22,23). The Kier molecular flexibility index (Phi) is 3.34. The monoisotopic (exact) mass is 349 g/mol. The number of fused-ring (bicyclic) bond motifs is 1. The molecular formula is C16H14F3N5O. The van der Waals surface area contributed by atoms with Gasteiger partial charge in [-0.15, -0.1) is 0 Å². The molecular weight excluding hydrogens is 335 g/mol. The Bertz CT molecular complexity index is 1020. The number of anilines is 1. The van der Waals surface area contributed by atoms with E-state index in [1.54, 1.807) is 6.07 Å². The average Bonchev–Trinajstić information content (AvgIpc) is 3.31. The van der Waals surface area contributed by atoms with Gasteiger partial charge in [-0.3, -0.25) is 9.89 Å². The van der Waals surface area contributed by atoms with E-state index < -0.39 is 11.7 Å². The molecule has 1 aliphatic rings. The minimum absolute atomic E-state index is 0.0579. The summed E-state index contributed by atoms with van der Waals surface area (Å²) in [6.07, 6.45) is -2.55. The number of halogens is 3. The summed E-state index contributed by atoms with van der Waals surface area (Å²) in [6, 6.07) is 4.98. The molecule has 1 aromatic carbocycles. The number of nitrogen functional groups attached to an aromatic ring is 1. The highest BCUT2D eigenvalue weighted by Crippen LogP contribution is 2.40. The summed E-state index contributed by atoms with van der Waals surface area (Å²) in [5, 5.41) is 2.60. The second-order valence-electron chi connectivity index (χ2n) is 6.17. The lowest BCUT2D eigenvalue weighted by atomic mass is 10.0. The van der Waals surface area contributed by atoms with Crippen molar-refractivity contribution >= 4 is 11.7 Å². The van der Waals surface area contributed by atoms with Crippen molar-refractivity contribution in [3.63, 3.8) is 0 Å². The van der Waals surface area contributed by atoms with Gasteiger partial charge >= 0.3 is 6.18 Å². The molecule has 0 bridgehead atoms.